The van der Waals surface area contributed by atoms with Gasteiger partial charge in [0.25, 0.3) is 0 Å². The van der Waals surface area contributed by atoms with Gasteiger partial charge in [0.2, 0.25) is 0 Å². The largest absolute Gasteiger partial charge is 0.312 e. The zero-order valence-electron chi connectivity index (χ0n) is 12.7. The Labute approximate surface area is 122 Å². The Morgan fingerprint density at radius 1 is 1.32 bits per heavy atom. The predicted molar refractivity (Wildman–Crippen MR) is 85.8 cm³/mol. The van der Waals surface area contributed by atoms with Crippen LogP contribution in [0.1, 0.15) is 68.4 Å². The molecule has 1 fully saturated rings. The van der Waals surface area contributed by atoms with Crippen molar-refractivity contribution < 1.29 is 0 Å². The Morgan fingerprint density at radius 2 is 2.05 bits per heavy atom. The third-order valence-corrected chi connectivity index (χ3v) is 5.93. The highest BCUT2D eigenvalue weighted by Gasteiger charge is 2.28. The van der Waals surface area contributed by atoms with Gasteiger partial charge in [-0.1, -0.05) is 39.0 Å². The number of nitrogens with one attached hydrogen (secondary N) is 1. The first kappa shape index (κ1) is 15.1. The van der Waals surface area contributed by atoms with E-state index < -0.39 is 0 Å². The molecule has 1 saturated carbocycles. The molecule has 0 aliphatic heterocycles. The van der Waals surface area contributed by atoms with Crippen LogP contribution in [0.3, 0.4) is 0 Å². The standard InChI is InChI=1S/C17H29NS/c1-4-5-6-14-7-9-15(10-8-14)16(18-3)17-13(2)11-12-19-17/h11-12,14-16,18H,4-10H2,1-3H3. The van der Waals surface area contributed by atoms with E-state index in [1.807, 2.05) is 11.3 Å². The van der Waals surface area contributed by atoms with Gasteiger partial charge in [0.15, 0.2) is 0 Å². The lowest BCUT2D eigenvalue weighted by Crippen LogP contribution is -2.28. The number of unbranched alkanes of at least 4 members (excludes halogenated alkanes) is 1. The summed E-state index contributed by atoms with van der Waals surface area (Å²) >= 11 is 1.93. The molecular formula is C17H29NS. The van der Waals surface area contributed by atoms with Crippen molar-refractivity contribution in [2.24, 2.45) is 11.8 Å². The van der Waals surface area contributed by atoms with E-state index in [1.165, 1.54) is 50.5 Å². The zero-order valence-corrected chi connectivity index (χ0v) is 13.6. The summed E-state index contributed by atoms with van der Waals surface area (Å²) in [6, 6.07) is 2.85. The number of thiophene rings is 1. The third-order valence-electron chi connectivity index (χ3n) is 4.82. The fraction of sp³-hybridized carbons (Fsp3) is 0.765. The van der Waals surface area contributed by atoms with Crippen LogP contribution >= 0.6 is 11.3 Å². The Hall–Kier alpha value is -0.340. The summed E-state index contributed by atoms with van der Waals surface area (Å²) in [5.74, 6) is 1.86. The zero-order chi connectivity index (χ0) is 13.7. The number of rotatable bonds is 6. The molecule has 0 spiro atoms. The van der Waals surface area contributed by atoms with Gasteiger partial charge < -0.3 is 5.32 Å². The highest BCUT2D eigenvalue weighted by molar-refractivity contribution is 7.10. The molecule has 1 N–H and O–H groups in total. The Bertz CT molecular complexity index is 363. The van der Waals surface area contributed by atoms with Crippen molar-refractivity contribution in [3.05, 3.63) is 21.9 Å². The van der Waals surface area contributed by atoms with Crippen LogP contribution in [0.15, 0.2) is 11.4 Å². The fourth-order valence-electron chi connectivity index (χ4n) is 3.59. The van der Waals surface area contributed by atoms with Crippen LogP contribution < -0.4 is 5.32 Å². The first-order chi connectivity index (χ1) is 9.26. The van der Waals surface area contributed by atoms with Crippen molar-refractivity contribution in [1.29, 1.82) is 0 Å². The van der Waals surface area contributed by atoms with Gasteiger partial charge in [0, 0.05) is 10.9 Å². The summed E-state index contributed by atoms with van der Waals surface area (Å²) in [7, 11) is 2.13. The molecule has 1 unspecified atom stereocenters. The number of hydrogen-bond acceptors (Lipinski definition) is 2. The second kappa shape index (κ2) is 7.44. The van der Waals surface area contributed by atoms with Gasteiger partial charge in [-0.2, -0.15) is 0 Å². The van der Waals surface area contributed by atoms with Gasteiger partial charge in [-0.25, -0.2) is 0 Å². The molecule has 1 aromatic rings. The van der Waals surface area contributed by atoms with E-state index >= 15 is 0 Å². The fourth-order valence-corrected chi connectivity index (χ4v) is 4.72. The van der Waals surface area contributed by atoms with Crippen LogP contribution in [0.2, 0.25) is 0 Å². The smallest absolute Gasteiger partial charge is 0.0443 e. The van der Waals surface area contributed by atoms with E-state index in [1.54, 1.807) is 4.88 Å². The molecule has 0 saturated heterocycles. The van der Waals surface area contributed by atoms with Crippen molar-refractivity contribution in [3.8, 4) is 0 Å². The summed E-state index contributed by atoms with van der Waals surface area (Å²) in [4.78, 5) is 1.57. The normalized spacial score (nSPS) is 25.4. The van der Waals surface area contributed by atoms with Gasteiger partial charge in [0.05, 0.1) is 0 Å². The minimum absolute atomic E-state index is 0.590. The lowest BCUT2D eigenvalue weighted by atomic mass is 9.76. The van der Waals surface area contributed by atoms with Gasteiger partial charge in [-0.3, -0.25) is 0 Å². The molecule has 1 aliphatic carbocycles. The topological polar surface area (TPSA) is 12.0 Å². The molecule has 0 aromatic carbocycles. The average molecular weight is 279 g/mol. The summed E-state index contributed by atoms with van der Waals surface area (Å²) in [5, 5.41) is 5.82. The van der Waals surface area contributed by atoms with Crippen molar-refractivity contribution in [3.63, 3.8) is 0 Å². The van der Waals surface area contributed by atoms with Crippen molar-refractivity contribution in [2.75, 3.05) is 7.05 Å². The molecule has 19 heavy (non-hydrogen) atoms. The Balaban J connectivity index is 1.90. The average Bonchev–Trinajstić information content (AvgIpc) is 2.85. The summed E-state index contributed by atoms with van der Waals surface area (Å²) in [6.07, 6.45) is 9.97. The summed E-state index contributed by atoms with van der Waals surface area (Å²) in [6.45, 7) is 4.56. The Kier molecular flexibility index (Phi) is 5.90. The van der Waals surface area contributed by atoms with Crippen molar-refractivity contribution in [1.82, 2.24) is 5.32 Å². The van der Waals surface area contributed by atoms with E-state index in [2.05, 4.69) is 37.7 Å². The molecule has 0 bridgehead atoms. The first-order valence-electron chi connectivity index (χ1n) is 7.97. The predicted octanol–water partition coefficient (Wildman–Crippen LogP) is 5.31. The van der Waals surface area contributed by atoms with Crippen LogP contribution in [-0.2, 0) is 0 Å². The van der Waals surface area contributed by atoms with Crippen molar-refractivity contribution in [2.45, 2.75) is 64.8 Å². The second-order valence-corrected chi connectivity index (χ2v) is 7.10. The Morgan fingerprint density at radius 3 is 2.58 bits per heavy atom. The van der Waals surface area contributed by atoms with Crippen LogP contribution in [0.5, 0.6) is 0 Å². The highest BCUT2D eigenvalue weighted by Crippen LogP contribution is 2.40. The maximum absolute atomic E-state index is 3.58. The van der Waals surface area contributed by atoms with E-state index in [-0.39, 0.29) is 0 Å². The van der Waals surface area contributed by atoms with Gasteiger partial charge in [-0.15, -0.1) is 11.3 Å². The minimum atomic E-state index is 0.590. The van der Waals surface area contributed by atoms with E-state index in [0.717, 1.165) is 11.8 Å². The molecule has 108 valence electrons. The molecule has 0 amide bonds. The van der Waals surface area contributed by atoms with Gasteiger partial charge in [-0.05, 0) is 55.7 Å². The van der Waals surface area contributed by atoms with Crippen LogP contribution in [0.25, 0.3) is 0 Å². The molecule has 1 nitrogen and oxygen atoms in total. The molecule has 1 aliphatic rings. The van der Waals surface area contributed by atoms with Gasteiger partial charge >= 0.3 is 0 Å². The van der Waals surface area contributed by atoms with Crippen LogP contribution in [-0.4, -0.2) is 7.05 Å². The third kappa shape index (κ3) is 3.82. The quantitative estimate of drug-likeness (QED) is 0.743. The van der Waals surface area contributed by atoms with E-state index in [0.29, 0.717) is 6.04 Å². The molecule has 2 heteroatoms. The van der Waals surface area contributed by atoms with Crippen molar-refractivity contribution >= 4 is 11.3 Å². The number of aryl methyl sites for hydroxylation is 1. The number of hydrogen-bond donors (Lipinski definition) is 1. The molecular weight excluding hydrogens is 250 g/mol. The van der Waals surface area contributed by atoms with Crippen LogP contribution in [0.4, 0.5) is 0 Å². The minimum Gasteiger partial charge on any atom is -0.312 e. The van der Waals surface area contributed by atoms with Gasteiger partial charge in [0.1, 0.15) is 0 Å². The van der Waals surface area contributed by atoms with E-state index in [9.17, 15) is 0 Å². The first-order valence-corrected chi connectivity index (χ1v) is 8.85. The molecule has 2 rings (SSSR count). The summed E-state index contributed by atoms with van der Waals surface area (Å²) in [5.41, 5.74) is 1.47. The molecule has 1 heterocycles. The lowest BCUT2D eigenvalue weighted by Gasteiger charge is -2.34. The molecule has 1 aromatic heterocycles. The van der Waals surface area contributed by atoms with Crippen LogP contribution in [0, 0.1) is 18.8 Å². The highest BCUT2D eigenvalue weighted by atomic mass is 32.1. The monoisotopic (exact) mass is 279 g/mol. The van der Waals surface area contributed by atoms with E-state index in [4.69, 9.17) is 0 Å². The maximum Gasteiger partial charge on any atom is 0.0443 e. The second-order valence-electron chi connectivity index (χ2n) is 6.16. The molecule has 1 atom stereocenters. The lowest BCUT2D eigenvalue weighted by molar-refractivity contribution is 0.219. The summed E-state index contributed by atoms with van der Waals surface area (Å²) < 4.78 is 0. The maximum atomic E-state index is 3.58. The molecule has 0 radical (unpaired) electrons. The SMILES string of the molecule is CCCCC1CCC(C(NC)c2sccc2C)CC1.